The quantitative estimate of drug-likeness (QED) is 0.895. The van der Waals surface area contributed by atoms with Crippen LogP contribution in [-0.4, -0.2) is 37.2 Å². The van der Waals surface area contributed by atoms with E-state index in [1.54, 1.807) is 0 Å². The topological polar surface area (TPSA) is 57.6 Å². The van der Waals surface area contributed by atoms with Crippen LogP contribution in [0.2, 0.25) is 0 Å². The van der Waals surface area contributed by atoms with Gasteiger partial charge in [0.25, 0.3) is 0 Å². The molecule has 0 unspecified atom stereocenters. The highest BCUT2D eigenvalue weighted by atomic mass is 32.2. The number of sulfonamides is 1. The van der Waals surface area contributed by atoms with E-state index < -0.39 is 34.9 Å². The average Bonchev–Trinajstić information content (AvgIpc) is 2.26. The molecule has 0 fully saturated rings. The van der Waals surface area contributed by atoms with E-state index in [1.807, 2.05) is 0 Å². The summed E-state index contributed by atoms with van der Waals surface area (Å²) in [7, 11) is -3.68. The molecular formula is C11H14F3NO3S. The average molecular weight is 297 g/mol. The van der Waals surface area contributed by atoms with Crippen molar-refractivity contribution in [3.8, 4) is 0 Å². The van der Waals surface area contributed by atoms with Gasteiger partial charge < -0.3 is 5.11 Å². The summed E-state index contributed by atoms with van der Waals surface area (Å²) in [6, 6.07) is 4.76. The third-order valence-corrected chi connectivity index (χ3v) is 3.74. The van der Waals surface area contributed by atoms with Crippen molar-refractivity contribution in [1.29, 1.82) is 0 Å². The predicted octanol–water partition coefficient (Wildman–Crippen LogP) is 1.46. The Balaban J connectivity index is 3.11. The highest BCUT2D eigenvalue weighted by molar-refractivity contribution is 7.88. The Kier molecular flexibility index (Phi) is 4.94. The molecule has 1 aromatic carbocycles. The maximum Gasteiger partial charge on any atom is 0.416 e. The Morgan fingerprint density at radius 3 is 2.32 bits per heavy atom. The molecule has 0 bridgehead atoms. The zero-order valence-electron chi connectivity index (χ0n) is 10.2. The standard InChI is InChI=1S/C11H14F3NO3S/c1-19(17,18)15(6-7-16)8-9-4-2-3-5-10(9)11(12,13)14/h2-5,16H,6-8H2,1H3. The maximum atomic E-state index is 12.8. The van der Waals surface area contributed by atoms with E-state index in [0.29, 0.717) is 0 Å². The molecule has 1 aromatic rings. The Bertz CT molecular complexity index is 528. The van der Waals surface area contributed by atoms with E-state index in [0.717, 1.165) is 16.6 Å². The monoisotopic (exact) mass is 297 g/mol. The summed E-state index contributed by atoms with van der Waals surface area (Å²) >= 11 is 0. The van der Waals surface area contributed by atoms with Crippen LogP contribution < -0.4 is 0 Å². The largest absolute Gasteiger partial charge is 0.416 e. The third kappa shape index (κ3) is 4.48. The molecule has 0 saturated heterocycles. The zero-order valence-corrected chi connectivity index (χ0v) is 11.0. The lowest BCUT2D eigenvalue weighted by atomic mass is 10.1. The number of halogens is 3. The molecule has 0 spiro atoms. The van der Waals surface area contributed by atoms with E-state index in [1.165, 1.54) is 18.2 Å². The summed E-state index contributed by atoms with van der Waals surface area (Å²) in [5, 5.41) is 8.78. The van der Waals surface area contributed by atoms with Gasteiger partial charge in [0.05, 0.1) is 18.4 Å². The minimum atomic E-state index is -4.54. The number of hydrogen-bond acceptors (Lipinski definition) is 3. The molecule has 1 N–H and O–H groups in total. The molecule has 19 heavy (non-hydrogen) atoms. The fourth-order valence-corrected chi connectivity index (χ4v) is 2.39. The smallest absolute Gasteiger partial charge is 0.395 e. The molecule has 0 radical (unpaired) electrons. The molecule has 0 aliphatic rings. The molecule has 4 nitrogen and oxygen atoms in total. The second-order valence-corrected chi connectivity index (χ2v) is 5.96. The summed E-state index contributed by atoms with van der Waals surface area (Å²) in [6.07, 6.45) is -3.65. The number of rotatable bonds is 5. The first-order valence-corrected chi connectivity index (χ1v) is 7.22. The molecule has 0 saturated carbocycles. The van der Waals surface area contributed by atoms with Crippen LogP contribution in [-0.2, 0) is 22.7 Å². The Hall–Kier alpha value is -1.12. The van der Waals surface area contributed by atoms with Crippen molar-refractivity contribution in [3.63, 3.8) is 0 Å². The summed E-state index contributed by atoms with van der Waals surface area (Å²) in [4.78, 5) is 0. The van der Waals surface area contributed by atoms with Gasteiger partial charge in [-0.1, -0.05) is 18.2 Å². The maximum absolute atomic E-state index is 12.8. The van der Waals surface area contributed by atoms with Crippen molar-refractivity contribution in [2.45, 2.75) is 12.7 Å². The highest BCUT2D eigenvalue weighted by Gasteiger charge is 2.33. The molecule has 0 aliphatic heterocycles. The van der Waals surface area contributed by atoms with Crippen LogP contribution in [0.3, 0.4) is 0 Å². The van der Waals surface area contributed by atoms with Crippen LogP contribution in [0.15, 0.2) is 24.3 Å². The van der Waals surface area contributed by atoms with E-state index >= 15 is 0 Å². The first kappa shape index (κ1) is 15.9. The van der Waals surface area contributed by atoms with Gasteiger partial charge in [-0.15, -0.1) is 0 Å². The second-order valence-electron chi connectivity index (χ2n) is 3.98. The Labute approximate surface area is 109 Å². The van der Waals surface area contributed by atoms with Crippen LogP contribution in [0, 0.1) is 0 Å². The van der Waals surface area contributed by atoms with Gasteiger partial charge in [0, 0.05) is 13.1 Å². The van der Waals surface area contributed by atoms with Crippen molar-refractivity contribution < 1.29 is 26.7 Å². The lowest BCUT2D eigenvalue weighted by Crippen LogP contribution is -2.32. The second kappa shape index (κ2) is 5.89. The minimum Gasteiger partial charge on any atom is -0.395 e. The molecule has 0 aliphatic carbocycles. The molecule has 108 valence electrons. The van der Waals surface area contributed by atoms with Gasteiger partial charge >= 0.3 is 6.18 Å². The summed E-state index contributed by atoms with van der Waals surface area (Å²) in [6.45, 7) is -1.12. The van der Waals surface area contributed by atoms with Crippen LogP contribution >= 0.6 is 0 Å². The molecule has 1 rings (SSSR count). The number of alkyl halides is 3. The van der Waals surface area contributed by atoms with Crippen molar-refractivity contribution in [3.05, 3.63) is 35.4 Å². The van der Waals surface area contributed by atoms with Crippen LogP contribution in [0.4, 0.5) is 13.2 Å². The summed E-state index contributed by atoms with van der Waals surface area (Å²) < 4.78 is 61.9. The molecule has 0 heterocycles. The van der Waals surface area contributed by atoms with E-state index in [9.17, 15) is 21.6 Å². The number of aliphatic hydroxyl groups is 1. The first-order chi connectivity index (χ1) is 8.66. The van der Waals surface area contributed by atoms with Crippen molar-refractivity contribution in [2.75, 3.05) is 19.4 Å². The molecule has 0 atom stereocenters. The Morgan fingerprint density at radius 1 is 1.26 bits per heavy atom. The van der Waals surface area contributed by atoms with Gasteiger partial charge in [-0.2, -0.15) is 17.5 Å². The fraction of sp³-hybridized carbons (Fsp3) is 0.455. The van der Waals surface area contributed by atoms with Crippen LogP contribution in [0.25, 0.3) is 0 Å². The third-order valence-electron chi connectivity index (χ3n) is 2.49. The van der Waals surface area contributed by atoms with Crippen molar-refractivity contribution >= 4 is 10.0 Å². The van der Waals surface area contributed by atoms with E-state index in [4.69, 9.17) is 5.11 Å². The zero-order chi connectivity index (χ0) is 14.7. The van der Waals surface area contributed by atoms with Crippen molar-refractivity contribution in [2.24, 2.45) is 0 Å². The van der Waals surface area contributed by atoms with Gasteiger partial charge in [0.15, 0.2) is 0 Å². The molecule has 8 heteroatoms. The minimum absolute atomic E-state index is 0.145. The first-order valence-electron chi connectivity index (χ1n) is 5.37. The number of benzene rings is 1. The SMILES string of the molecule is CS(=O)(=O)N(CCO)Cc1ccccc1C(F)(F)F. The van der Waals surface area contributed by atoms with Gasteiger partial charge in [0.1, 0.15) is 0 Å². The van der Waals surface area contributed by atoms with Crippen molar-refractivity contribution in [1.82, 2.24) is 4.31 Å². The number of aliphatic hydroxyl groups excluding tert-OH is 1. The van der Waals surface area contributed by atoms with E-state index in [-0.39, 0.29) is 12.1 Å². The number of nitrogens with zero attached hydrogens (tertiary/aromatic N) is 1. The van der Waals surface area contributed by atoms with Crippen LogP contribution in [0.1, 0.15) is 11.1 Å². The lowest BCUT2D eigenvalue weighted by molar-refractivity contribution is -0.138. The van der Waals surface area contributed by atoms with Gasteiger partial charge in [0.2, 0.25) is 10.0 Å². The van der Waals surface area contributed by atoms with Gasteiger partial charge in [-0.3, -0.25) is 0 Å². The fourth-order valence-electron chi connectivity index (χ4n) is 1.60. The number of hydrogen-bond donors (Lipinski definition) is 1. The van der Waals surface area contributed by atoms with Gasteiger partial charge in [-0.25, -0.2) is 8.42 Å². The van der Waals surface area contributed by atoms with E-state index in [2.05, 4.69) is 0 Å². The summed E-state index contributed by atoms with van der Waals surface area (Å²) in [5.41, 5.74) is -1.02. The molecule has 0 amide bonds. The highest BCUT2D eigenvalue weighted by Crippen LogP contribution is 2.32. The Morgan fingerprint density at radius 2 is 1.84 bits per heavy atom. The normalized spacial score (nSPS) is 12.9. The predicted molar refractivity (Wildman–Crippen MR) is 63.8 cm³/mol. The van der Waals surface area contributed by atoms with Crippen LogP contribution in [0.5, 0.6) is 0 Å². The lowest BCUT2D eigenvalue weighted by Gasteiger charge is -2.21. The summed E-state index contributed by atoms with van der Waals surface area (Å²) in [5.74, 6) is 0. The van der Waals surface area contributed by atoms with Gasteiger partial charge in [-0.05, 0) is 11.6 Å². The molecular weight excluding hydrogens is 283 g/mol. The molecule has 0 aromatic heterocycles.